The average Bonchev–Trinajstić information content (AvgIpc) is 2.49. The van der Waals surface area contributed by atoms with Crippen LogP contribution in [0.2, 0.25) is 0 Å². The Morgan fingerprint density at radius 3 is 2.79 bits per heavy atom. The Kier molecular flexibility index (Phi) is 3.99. The van der Waals surface area contributed by atoms with Crippen molar-refractivity contribution >= 4 is 5.82 Å². The second-order valence-electron chi connectivity index (χ2n) is 5.71. The zero-order valence-electron chi connectivity index (χ0n) is 11.8. The quantitative estimate of drug-likeness (QED) is 0.876. The van der Waals surface area contributed by atoms with Gasteiger partial charge in [-0.2, -0.15) is 0 Å². The third-order valence-corrected chi connectivity index (χ3v) is 4.31. The van der Waals surface area contributed by atoms with Gasteiger partial charge in [-0.1, -0.05) is 12.5 Å². The highest BCUT2D eigenvalue weighted by molar-refractivity contribution is 5.49. The Balaban J connectivity index is 1.80. The van der Waals surface area contributed by atoms with E-state index in [1.54, 1.807) is 0 Å². The van der Waals surface area contributed by atoms with Gasteiger partial charge in [-0.3, -0.25) is 0 Å². The molecular formula is C15H24N4. The molecule has 0 spiro atoms. The second kappa shape index (κ2) is 5.88. The topological polar surface area (TPSA) is 31.4 Å². The first-order valence-electron chi connectivity index (χ1n) is 7.46. The molecule has 2 fully saturated rings. The van der Waals surface area contributed by atoms with Crippen LogP contribution in [0.15, 0.2) is 18.3 Å². The van der Waals surface area contributed by atoms with Gasteiger partial charge < -0.3 is 15.1 Å². The molecular weight excluding hydrogens is 236 g/mol. The third kappa shape index (κ3) is 2.90. The van der Waals surface area contributed by atoms with Gasteiger partial charge in [-0.15, -0.1) is 0 Å². The molecule has 3 heterocycles. The Hall–Kier alpha value is -1.13. The number of pyridine rings is 1. The normalized spacial score (nSPS) is 25.5. The van der Waals surface area contributed by atoms with Crippen LogP contribution in [-0.4, -0.2) is 49.7 Å². The first-order chi connectivity index (χ1) is 9.34. The van der Waals surface area contributed by atoms with Gasteiger partial charge in [0.1, 0.15) is 5.82 Å². The Morgan fingerprint density at radius 2 is 2.05 bits per heavy atom. The fourth-order valence-corrected chi connectivity index (χ4v) is 3.08. The average molecular weight is 260 g/mol. The molecule has 4 heteroatoms. The SMILES string of the molecule is CN1CCN(c2ncccc2[C@H]2CCCCN2)CC1. The molecule has 2 aliphatic rings. The van der Waals surface area contributed by atoms with Crippen LogP contribution < -0.4 is 10.2 Å². The lowest BCUT2D eigenvalue weighted by molar-refractivity contribution is 0.311. The van der Waals surface area contributed by atoms with Crippen LogP contribution in [0, 0.1) is 0 Å². The molecule has 0 saturated carbocycles. The standard InChI is InChI=1S/C15H24N4/c1-18-9-11-19(12-10-18)15-13(5-4-8-17-15)14-6-2-3-7-16-14/h4-5,8,14,16H,2-3,6-7,9-12H2,1H3/t14-/m1/s1. The van der Waals surface area contributed by atoms with E-state index >= 15 is 0 Å². The van der Waals surface area contributed by atoms with E-state index in [0.29, 0.717) is 6.04 Å². The lowest BCUT2D eigenvalue weighted by Crippen LogP contribution is -2.45. The van der Waals surface area contributed by atoms with Crippen molar-refractivity contribution in [3.63, 3.8) is 0 Å². The lowest BCUT2D eigenvalue weighted by atomic mass is 9.97. The molecule has 0 bridgehead atoms. The minimum absolute atomic E-state index is 0.497. The molecule has 19 heavy (non-hydrogen) atoms. The molecule has 1 N–H and O–H groups in total. The Labute approximate surface area is 115 Å². The summed E-state index contributed by atoms with van der Waals surface area (Å²) >= 11 is 0. The second-order valence-corrected chi connectivity index (χ2v) is 5.71. The van der Waals surface area contributed by atoms with Gasteiger partial charge >= 0.3 is 0 Å². The molecule has 104 valence electrons. The van der Waals surface area contributed by atoms with Crippen molar-refractivity contribution in [2.75, 3.05) is 44.7 Å². The summed E-state index contributed by atoms with van der Waals surface area (Å²) < 4.78 is 0. The number of hydrogen-bond acceptors (Lipinski definition) is 4. The smallest absolute Gasteiger partial charge is 0.133 e. The number of nitrogens with one attached hydrogen (secondary N) is 1. The van der Waals surface area contributed by atoms with Gasteiger partial charge in [0, 0.05) is 44.0 Å². The number of aromatic nitrogens is 1. The van der Waals surface area contributed by atoms with E-state index in [1.165, 1.54) is 30.6 Å². The molecule has 0 aliphatic carbocycles. The van der Waals surface area contributed by atoms with Gasteiger partial charge in [0.25, 0.3) is 0 Å². The zero-order valence-corrected chi connectivity index (χ0v) is 11.8. The van der Waals surface area contributed by atoms with E-state index in [9.17, 15) is 0 Å². The summed E-state index contributed by atoms with van der Waals surface area (Å²) in [6.45, 7) is 5.59. The van der Waals surface area contributed by atoms with E-state index in [4.69, 9.17) is 0 Å². The summed E-state index contributed by atoms with van der Waals surface area (Å²) in [5, 5.41) is 3.65. The van der Waals surface area contributed by atoms with E-state index in [-0.39, 0.29) is 0 Å². The van der Waals surface area contributed by atoms with Crippen molar-refractivity contribution in [1.82, 2.24) is 15.2 Å². The molecule has 1 atom stereocenters. The van der Waals surface area contributed by atoms with E-state index < -0.39 is 0 Å². The van der Waals surface area contributed by atoms with Crippen LogP contribution >= 0.6 is 0 Å². The molecule has 4 nitrogen and oxygen atoms in total. The highest BCUT2D eigenvalue weighted by Crippen LogP contribution is 2.29. The van der Waals surface area contributed by atoms with Gasteiger partial charge in [0.2, 0.25) is 0 Å². The number of anilines is 1. The fourth-order valence-electron chi connectivity index (χ4n) is 3.08. The summed E-state index contributed by atoms with van der Waals surface area (Å²) in [6.07, 6.45) is 5.81. The fraction of sp³-hybridized carbons (Fsp3) is 0.667. The molecule has 0 unspecified atom stereocenters. The maximum atomic E-state index is 4.67. The number of hydrogen-bond donors (Lipinski definition) is 1. The molecule has 0 amide bonds. The molecule has 1 aromatic heterocycles. The lowest BCUT2D eigenvalue weighted by Gasteiger charge is -2.36. The van der Waals surface area contributed by atoms with E-state index in [2.05, 4.69) is 39.3 Å². The summed E-state index contributed by atoms with van der Waals surface area (Å²) in [5.74, 6) is 1.20. The van der Waals surface area contributed by atoms with Crippen molar-refractivity contribution < 1.29 is 0 Å². The molecule has 0 radical (unpaired) electrons. The molecule has 2 aliphatic heterocycles. The van der Waals surface area contributed by atoms with Gasteiger partial charge in [0.05, 0.1) is 0 Å². The zero-order chi connectivity index (χ0) is 13.1. The molecule has 0 aromatic carbocycles. The number of piperazine rings is 1. The Bertz CT molecular complexity index is 406. The van der Waals surface area contributed by atoms with Gasteiger partial charge in [-0.25, -0.2) is 4.98 Å². The summed E-state index contributed by atoms with van der Waals surface area (Å²) in [5.41, 5.74) is 1.40. The first-order valence-corrected chi connectivity index (χ1v) is 7.46. The van der Waals surface area contributed by atoms with Crippen molar-refractivity contribution in [3.8, 4) is 0 Å². The summed E-state index contributed by atoms with van der Waals surface area (Å²) in [4.78, 5) is 9.51. The number of rotatable bonds is 2. The molecule has 1 aromatic rings. The highest BCUT2D eigenvalue weighted by atomic mass is 15.3. The van der Waals surface area contributed by atoms with Crippen molar-refractivity contribution in [3.05, 3.63) is 23.9 Å². The number of likely N-dealkylation sites (N-methyl/N-ethyl adjacent to an activating group) is 1. The van der Waals surface area contributed by atoms with Crippen LogP contribution in [0.4, 0.5) is 5.82 Å². The van der Waals surface area contributed by atoms with Crippen LogP contribution in [0.3, 0.4) is 0 Å². The van der Waals surface area contributed by atoms with Crippen molar-refractivity contribution in [2.45, 2.75) is 25.3 Å². The number of piperidine rings is 1. The van der Waals surface area contributed by atoms with Gasteiger partial charge in [-0.05, 0) is 32.5 Å². The van der Waals surface area contributed by atoms with Gasteiger partial charge in [0.15, 0.2) is 0 Å². The predicted molar refractivity (Wildman–Crippen MR) is 78.5 cm³/mol. The van der Waals surface area contributed by atoms with E-state index in [0.717, 1.165) is 32.7 Å². The molecule has 2 saturated heterocycles. The number of nitrogens with zero attached hydrogens (tertiary/aromatic N) is 3. The maximum Gasteiger partial charge on any atom is 0.133 e. The largest absolute Gasteiger partial charge is 0.354 e. The summed E-state index contributed by atoms with van der Waals surface area (Å²) in [7, 11) is 2.19. The van der Waals surface area contributed by atoms with Crippen LogP contribution in [0.25, 0.3) is 0 Å². The van der Waals surface area contributed by atoms with E-state index in [1.807, 2.05) is 6.20 Å². The summed E-state index contributed by atoms with van der Waals surface area (Å²) in [6, 6.07) is 4.83. The predicted octanol–water partition coefficient (Wildman–Crippen LogP) is 1.65. The van der Waals surface area contributed by atoms with Crippen LogP contribution in [0.5, 0.6) is 0 Å². The maximum absolute atomic E-state index is 4.67. The Morgan fingerprint density at radius 1 is 1.21 bits per heavy atom. The first kappa shape index (κ1) is 12.9. The van der Waals surface area contributed by atoms with Crippen LogP contribution in [-0.2, 0) is 0 Å². The monoisotopic (exact) mass is 260 g/mol. The van der Waals surface area contributed by atoms with Crippen LogP contribution in [0.1, 0.15) is 30.9 Å². The third-order valence-electron chi connectivity index (χ3n) is 4.31. The molecule has 3 rings (SSSR count). The highest BCUT2D eigenvalue weighted by Gasteiger charge is 2.23. The van der Waals surface area contributed by atoms with Crippen molar-refractivity contribution in [2.24, 2.45) is 0 Å². The minimum atomic E-state index is 0.497. The van der Waals surface area contributed by atoms with Crippen molar-refractivity contribution in [1.29, 1.82) is 0 Å². The minimum Gasteiger partial charge on any atom is -0.354 e.